The molecule has 0 radical (unpaired) electrons. The number of carbonyl (C=O) groups excluding carboxylic acids is 1. The molecule has 2 saturated carbocycles. The maximum absolute atomic E-state index is 12.2. The maximum atomic E-state index is 12.2. The highest BCUT2D eigenvalue weighted by atomic mass is 16.5. The number of hydrogen-bond acceptors (Lipinski definition) is 4. The first-order valence-electron chi connectivity index (χ1n) is 7.09. The van der Waals surface area contributed by atoms with Crippen LogP contribution in [0.4, 0.5) is 0 Å². The van der Waals surface area contributed by atoms with Gasteiger partial charge in [0.05, 0.1) is 6.54 Å². The van der Waals surface area contributed by atoms with E-state index in [1.807, 2.05) is 22.9 Å². The lowest BCUT2D eigenvalue weighted by Gasteiger charge is -2.07. The summed E-state index contributed by atoms with van der Waals surface area (Å²) >= 11 is 0. The first-order chi connectivity index (χ1) is 9.81. The molecule has 20 heavy (non-hydrogen) atoms. The second-order valence-corrected chi connectivity index (χ2v) is 5.54. The number of nitrogens with one attached hydrogen (secondary N) is 1. The van der Waals surface area contributed by atoms with E-state index in [4.69, 9.17) is 4.52 Å². The van der Waals surface area contributed by atoms with Gasteiger partial charge in [-0.05, 0) is 37.8 Å². The fourth-order valence-corrected chi connectivity index (χ4v) is 2.34. The van der Waals surface area contributed by atoms with Crippen LogP contribution in [-0.2, 0) is 6.54 Å². The highest BCUT2D eigenvalue weighted by Crippen LogP contribution is 2.38. The van der Waals surface area contributed by atoms with Crippen molar-refractivity contribution < 1.29 is 9.32 Å². The minimum atomic E-state index is -0.0836. The molecule has 0 aliphatic heterocycles. The van der Waals surface area contributed by atoms with Crippen LogP contribution in [0.3, 0.4) is 0 Å². The first kappa shape index (κ1) is 11.7. The van der Waals surface area contributed by atoms with Crippen LogP contribution >= 0.6 is 0 Å². The van der Waals surface area contributed by atoms with Crippen LogP contribution in [0.5, 0.6) is 0 Å². The molecule has 104 valence electrons. The van der Waals surface area contributed by atoms with Gasteiger partial charge in [0.15, 0.2) is 5.82 Å². The molecule has 2 aliphatic carbocycles. The molecule has 0 atom stereocenters. The van der Waals surface area contributed by atoms with Crippen molar-refractivity contribution in [2.45, 2.75) is 44.2 Å². The van der Waals surface area contributed by atoms with E-state index < -0.39 is 0 Å². The quantitative estimate of drug-likeness (QED) is 0.903. The van der Waals surface area contributed by atoms with E-state index in [1.54, 1.807) is 0 Å². The molecule has 2 aromatic heterocycles. The third kappa shape index (κ3) is 2.21. The molecule has 2 aliphatic rings. The van der Waals surface area contributed by atoms with Gasteiger partial charge >= 0.3 is 0 Å². The average molecular weight is 272 g/mol. The van der Waals surface area contributed by atoms with Crippen LogP contribution in [0.1, 0.15) is 59.8 Å². The zero-order valence-electron chi connectivity index (χ0n) is 11.1. The third-order valence-electron chi connectivity index (χ3n) is 3.77. The highest BCUT2D eigenvalue weighted by molar-refractivity contribution is 5.92. The molecule has 1 N–H and O–H groups in total. The molecule has 0 unspecified atom stereocenters. The van der Waals surface area contributed by atoms with E-state index in [-0.39, 0.29) is 5.91 Å². The van der Waals surface area contributed by atoms with Crippen molar-refractivity contribution >= 4 is 5.91 Å². The number of amides is 1. The van der Waals surface area contributed by atoms with Gasteiger partial charge in [-0.25, -0.2) is 0 Å². The zero-order chi connectivity index (χ0) is 13.5. The Hall–Kier alpha value is -2.11. The normalized spacial score (nSPS) is 18.2. The molecular weight excluding hydrogens is 256 g/mol. The molecule has 1 amide bonds. The molecule has 2 fully saturated rings. The first-order valence-corrected chi connectivity index (χ1v) is 7.09. The van der Waals surface area contributed by atoms with Crippen LogP contribution < -0.4 is 5.32 Å². The molecule has 0 spiro atoms. The van der Waals surface area contributed by atoms with Crippen LogP contribution in [-0.4, -0.2) is 20.6 Å². The Morgan fingerprint density at radius 3 is 3.00 bits per heavy atom. The summed E-state index contributed by atoms with van der Waals surface area (Å²) in [4.78, 5) is 16.5. The van der Waals surface area contributed by atoms with Gasteiger partial charge in [0, 0.05) is 18.2 Å². The fraction of sp³-hybridized carbons (Fsp3) is 0.500. The number of carbonyl (C=O) groups is 1. The summed E-state index contributed by atoms with van der Waals surface area (Å²) in [6.07, 6.45) is 6.53. The summed E-state index contributed by atoms with van der Waals surface area (Å²) < 4.78 is 7.21. The zero-order valence-corrected chi connectivity index (χ0v) is 11.1. The molecule has 0 saturated heterocycles. The molecule has 0 aromatic carbocycles. The van der Waals surface area contributed by atoms with Crippen molar-refractivity contribution in [2.24, 2.45) is 0 Å². The Morgan fingerprint density at radius 1 is 1.40 bits per heavy atom. The minimum absolute atomic E-state index is 0.0836. The monoisotopic (exact) mass is 272 g/mol. The minimum Gasteiger partial charge on any atom is -0.343 e. The van der Waals surface area contributed by atoms with Crippen LogP contribution in [0, 0.1) is 0 Å². The van der Waals surface area contributed by atoms with E-state index in [1.165, 1.54) is 0 Å². The van der Waals surface area contributed by atoms with E-state index in [9.17, 15) is 4.79 Å². The van der Waals surface area contributed by atoms with Crippen LogP contribution in [0.2, 0.25) is 0 Å². The summed E-state index contributed by atoms with van der Waals surface area (Å²) in [5.41, 5.74) is 0.707. The lowest BCUT2D eigenvalue weighted by Crippen LogP contribution is -2.25. The van der Waals surface area contributed by atoms with E-state index in [0.717, 1.165) is 25.7 Å². The lowest BCUT2D eigenvalue weighted by molar-refractivity contribution is 0.0940. The standard InChI is InChI=1S/C14H16N4O2/c19-13(11-2-1-7-18(11)10-5-6-10)15-8-12-16-14(20-17-12)9-3-4-9/h1-2,7,9-10H,3-6,8H2,(H,15,19). The lowest BCUT2D eigenvalue weighted by atomic mass is 10.4. The Balaban J connectivity index is 1.40. The third-order valence-corrected chi connectivity index (χ3v) is 3.77. The Kier molecular flexibility index (Phi) is 2.61. The van der Waals surface area contributed by atoms with Crippen molar-refractivity contribution in [3.05, 3.63) is 35.7 Å². The van der Waals surface area contributed by atoms with Crippen molar-refractivity contribution in [1.29, 1.82) is 0 Å². The number of nitrogens with zero attached hydrogens (tertiary/aromatic N) is 3. The molecule has 0 bridgehead atoms. The Morgan fingerprint density at radius 2 is 2.25 bits per heavy atom. The van der Waals surface area contributed by atoms with Crippen molar-refractivity contribution in [2.75, 3.05) is 0 Å². The predicted octanol–water partition coefficient (Wildman–Crippen LogP) is 2.01. The summed E-state index contributed by atoms with van der Waals surface area (Å²) in [5, 5.41) is 6.75. The Bertz CT molecular complexity index is 637. The van der Waals surface area contributed by atoms with Gasteiger partial charge in [0.1, 0.15) is 5.69 Å². The second-order valence-electron chi connectivity index (χ2n) is 5.54. The number of rotatable bonds is 5. The van der Waals surface area contributed by atoms with Gasteiger partial charge in [0.2, 0.25) is 5.89 Å². The number of aromatic nitrogens is 3. The highest BCUT2D eigenvalue weighted by Gasteiger charge is 2.30. The molecule has 6 nitrogen and oxygen atoms in total. The Labute approximate surface area is 116 Å². The van der Waals surface area contributed by atoms with E-state index >= 15 is 0 Å². The van der Waals surface area contributed by atoms with Gasteiger partial charge in [-0.3, -0.25) is 4.79 Å². The average Bonchev–Trinajstić information content (AvgIpc) is 3.39. The van der Waals surface area contributed by atoms with Crippen LogP contribution in [0.15, 0.2) is 22.9 Å². The topological polar surface area (TPSA) is 73.0 Å². The molecule has 2 aromatic rings. The number of hydrogen-bond donors (Lipinski definition) is 1. The predicted molar refractivity (Wildman–Crippen MR) is 70.1 cm³/mol. The van der Waals surface area contributed by atoms with Crippen molar-refractivity contribution in [1.82, 2.24) is 20.0 Å². The van der Waals surface area contributed by atoms with Gasteiger partial charge < -0.3 is 14.4 Å². The van der Waals surface area contributed by atoms with E-state index in [2.05, 4.69) is 15.5 Å². The summed E-state index contributed by atoms with van der Waals surface area (Å²) in [6, 6.07) is 4.25. The van der Waals surface area contributed by atoms with Gasteiger partial charge in [-0.2, -0.15) is 4.98 Å². The molecule has 6 heteroatoms. The van der Waals surface area contributed by atoms with Crippen molar-refractivity contribution in [3.8, 4) is 0 Å². The van der Waals surface area contributed by atoms with E-state index in [0.29, 0.717) is 35.9 Å². The largest absolute Gasteiger partial charge is 0.343 e. The summed E-state index contributed by atoms with van der Waals surface area (Å²) in [6.45, 7) is 0.310. The smallest absolute Gasteiger partial charge is 0.268 e. The molecule has 2 heterocycles. The summed E-state index contributed by atoms with van der Waals surface area (Å²) in [7, 11) is 0. The molecular formula is C14H16N4O2. The SMILES string of the molecule is O=C(NCc1noc(C2CC2)n1)c1cccn1C1CC1. The van der Waals surface area contributed by atoms with Crippen molar-refractivity contribution in [3.63, 3.8) is 0 Å². The van der Waals surface area contributed by atoms with Gasteiger partial charge in [-0.15, -0.1) is 0 Å². The summed E-state index contributed by atoms with van der Waals surface area (Å²) in [5.74, 6) is 1.61. The fourth-order valence-electron chi connectivity index (χ4n) is 2.34. The van der Waals surface area contributed by atoms with Crippen LogP contribution in [0.25, 0.3) is 0 Å². The van der Waals surface area contributed by atoms with Gasteiger partial charge in [0.25, 0.3) is 5.91 Å². The second kappa shape index (κ2) is 4.47. The van der Waals surface area contributed by atoms with Gasteiger partial charge in [-0.1, -0.05) is 5.16 Å². The maximum Gasteiger partial charge on any atom is 0.268 e. The molecule has 4 rings (SSSR count).